The van der Waals surface area contributed by atoms with E-state index in [9.17, 15) is 18.4 Å². The van der Waals surface area contributed by atoms with Crippen LogP contribution in [0.3, 0.4) is 0 Å². The molecule has 1 heterocycles. The van der Waals surface area contributed by atoms with Crippen LogP contribution in [0.4, 0.5) is 14.5 Å². The predicted octanol–water partition coefficient (Wildman–Crippen LogP) is 2.69. The molecular weight excluding hydrogens is 252 g/mol. The Bertz CT molecular complexity index is 516. The summed E-state index contributed by atoms with van der Waals surface area (Å²) in [4.78, 5) is 25.1. The van der Waals surface area contributed by atoms with E-state index < -0.39 is 23.5 Å². The summed E-state index contributed by atoms with van der Waals surface area (Å²) in [6.07, 6.45) is 1.37. The monoisotopic (exact) mass is 267 g/mol. The van der Waals surface area contributed by atoms with E-state index in [1.165, 1.54) is 17.0 Å². The molecule has 0 bridgehead atoms. The third kappa shape index (κ3) is 2.50. The summed E-state index contributed by atoms with van der Waals surface area (Å²) in [5.41, 5.74) is -0.0846. The highest BCUT2D eigenvalue weighted by Gasteiger charge is 2.34. The van der Waals surface area contributed by atoms with Gasteiger partial charge in [-0.1, -0.05) is 13.0 Å². The summed E-state index contributed by atoms with van der Waals surface area (Å²) in [6, 6.07) is 3.71. The van der Waals surface area contributed by atoms with Crippen LogP contribution < -0.4 is 4.90 Å². The topological polar surface area (TPSA) is 37.4 Å². The maximum atomic E-state index is 13.7. The van der Waals surface area contributed by atoms with E-state index in [1.54, 1.807) is 6.92 Å². The number of Topliss-reactive ketones (excluding diaryl/α,β-unsaturated/α-hetero) is 1. The first kappa shape index (κ1) is 13.6. The fourth-order valence-corrected chi connectivity index (χ4v) is 2.36. The molecule has 0 saturated carbocycles. The molecule has 0 N–H and O–H groups in total. The van der Waals surface area contributed by atoms with Crippen LogP contribution in [0.1, 0.15) is 26.2 Å². The molecule has 0 aliphatic carbocycles. The SMILES string of the molecule is CCC(=O)[C@H]1CCCN(c2cccc(F)c2F)C1=O. The second kappa shape index (κ2) is 5.47. The van der Waals surface area contributed by atoms with Crippen LogP contribution in [-0.2, 0) is 9.59 Å². The Labute approximate surface area is 110 Å². The van der Waals surface area contributed by atoms with Gasteiger partial charge in [0.05, 0.1) is 11.6 Å². The highest BCUT2D eigenvalue weighted by atomic mass is 19.2. The number of carbonyl (C=O) groups excluding carboxylic acids is 2. The number of hydrogen-bond donors (Lipinski definition) is 0. The first-order valence-electron chi connectivity index (χ1n) is 6.34. The number of hydrogen-bond acceptors (Lipinski definition) is 2. The Hall–Kier alpha value is -1.78. The molecule has 5 heteroatoms. The molecule has 1 atom stereocenters. The van der Waals surface area contributed by atoms with Crippen LogP contribution in [0.25, 0.3) is 0 Å². The summed E-state index contributed by atoms with van der Waals surface area (Å²) in [7, 11) is 0. The average Bonchev–Trinajstić information content (AvgIpc) is 2.42. The molecule has 1 amide bonds. The van der Waals surface area contributed by atoms with E-state index in [1.807, 2.05) is 0 Å². The molecule has 1 aromatic carbocycles. The summed E-state index contributed by atoms with van der Waals surface area (Å²) < 4.78 is 26.9. The number of benzene rings is 1. The number of rotatable bonds is 3. The molecule has 3 nitrogen and oxygen atoms in total. The van der Waals surface area contributed by atoms with E-state index in [0.29, 0.717) is 19.4 Å². The van der Waals surface area contributed by atoms with Gasteiger partial charge in [0, 0.05) is 13.0 Å². The second-order valence-corrected chi connectivity index (χ2v) is 4.58. The lowest BCUT2D eigenvalue weighted by Crippen LogP contribution is -2.44. The number of ketones is 1. The number of nitrogens with zero attached hydrogens (tertiary/aromatic N) is 1. The number of piperidine rings is 1. The Balaban J connectivity index is 2.32. The largest absolute Gasteiger partial charge is 0.309 e. The highest BCUT2D eigenvalue weighted by Crippen LogP contribution is 2.28. The van der Waals surface area contributed by atoms with Gasteiger partial charge < -0.3 is 4.90 Å². The third-order valence-electron chi connectivity index (χ3n) is 3.40. The summed E-state index contributed by atoms with van der Waals surface area (Å²) >= 11 is 0. The molecule has 1 aliphatic rings. The molecule has 2 rings (SSSR count). The van der Waals surface area contributed by atoms with Crippen LogP contribution >= 0.6 is 0 Å². The van der Waals surface area contributed by atoms with E-state index in [0.717, 1.165) is 6.07 Å². The fraction of sp³-hybridized carbons (Fsp3) is 0.429. The van der Waals surface area contributed by atoms with E-state index in [2.05, 4.69) is 0 Å². The molecule has 0 spiro atoms. The Morgan fingerprint density at radius 2 is 2.16 bits per heavy atom. The van der Waals surface area contributed by atoms with Gasteiger partial charge in [0.25, 0.3) is 0 Å². The van der Waals surface area contributed by atoms with Gasteiger partial charge in [-0.15, -0.1) is 0 Å². The van der Waals surface area contributed by atoms with Gasteiger partial charge in [-0.25, -0.2) is 8.78 Å². The smallest absolute Gasteiger partial charge is 0.237 e. The van der Waals surface area contributed by atoms with Gasteiger partial charge in [0.2, 0.25) is 5.91 Å². The Morgan fingerprint density at radius 3 is 2.84 bits per heavy atom. The Morgan fingerprint density at radius 1 is 1.42 bits per heavy atom. The number of carbonyl (C=O) groups is 2. The summed E-state index contributed by atoms with van der Waals surface area (Å²) in [5.74, 6) is -3.33. The van der Waals surface area contributed by atoms with Crippen molar-refractivity contribution >= 4 is 17.4 Å². The van der Waals surface area contributed by atoms with Crippen molar-refractivity contribution in [3.63, 3.8) is 0 Å². The lowest BCUT2D eigenvalue weighted by molar-refractivity contribution is -0.133. The first-order chi connectivity index (χ1) is 9.06. The molecule has 1 aromatic rings. The van der Waals surface area contributed by atoms with Gasteiger partial charge in [0.1, 0.15) is 5.78 Å². The van der Waals surface area contributed by atoms with Crippen molar-refractivity contribution in [2.75, 3.05) is 11.4 Å². The first-order valence-corrected chi connectivity index (χ1v) is 6.34. The number of halogens is 2. The fourth-order valence-electron chi connectivity index (χ4n) is 2.36. The van der Waals surface area contributed by atoms with Crippen molar-refractivity contribution in [2.24, 2.45) is 5.92 Å². The van der Waals surface area contributed by atoms with Gasteiger partial charge >= 0.3 is 0 Å². The third-order valence-corrected chi connectivity index (χ3v) is 3.40. The van der Waals surface area contributed by atoms with E-state index >= 15 is 0 Å². The molecule has 0 aromatic heterocycles. The maximum Gasteiger partial charge on any atom is 0.237 e. The lowest BCUT2D eigenvalue weighted by Gasteiger charge is -2.31. The molecule has 0 radical (unpaired) electrons. The zero-order valence-corrected chi connectivity index (χ0v) is 10.7. The van der Waals surface area contributed by atoms with Gasteiger partial charge in [-0.3, -0.25) is 9.59 Å². The number of anilines is 1. The molecule has 1 saturated heterocycles. The lowest BCUT2D eigenvalue weighted by atomic mass is 9.91. The van der Waals surface area contributed by atoms with Crippen LogP contribution in [-0.4, -0.2) is 18.2 Å². The van der Waals surface area contributed by atoms with Crippen molar-refractivity contribution in [3.8, 4) is 0 Å². The molecule has 102 valence electrons. The van der Waals surface area contributed by atoms with Crippen LogP contribution in [0, 0.1) is 17.6 Å². The van der Waals surface area contributed by atoms with Crippen molar-refractivity contribution in [2.45, 2.75) is 26.2 Å². The second-order valence-electron chi connectivity index (χ2n) is 4.58. The molecule has 19 heavy (non-hydrogen) atoms. The standard InChI is InChI=1S/C14H15F2NO2/c1-2-12(18)9-5-4-8-17(14(9)19)11-7-3-6-10(15)13(11)16/h3,6-7,9H,2,4-5,8H2,1H3/t9-/m1/s1. The highest BCUT2D eigenvalue weighted by molar-refractivity contribution is 6.08. The summed E-state index contributed by atoms with van der Waals surface area (Å²) in [5, 5.41) is 0. The van der Waals surface area contributed by atoms with Crippen molar-refractivity contribution in [1.82, 2.24) is 0 Å². The average molecular weight is 267 g/mol. The van der Waals surface area contributed by atoms with E-state index in [-0.39, 0.29) is 17.9 Å². The van der Waals surface area contributed by atoms with E-state index in [4.69, 9.17) is 0 Å². The van der Waals surface area contributed by atoms with Gasteiger partial charge in [-0.2, -0.15) is 0 Å². The van der Waals surface area contributed by atoms with Crippen LogP contribution in [0.15, 0.2) is 18.2 Å². The maximum absolute atomic E-state index is 13.7. The van der Waals surface area contributed by atoms with Crippen LogP contribution in [0.5, 0.6) is 0 Å². The minimum atomic E-state index is -1.04. The van der Waals surface area contributed by atoms with Crippen LogP contribution in [0.2, 0.25) is 0 Å². The predicted molar refractivity (Wildman–Crippen MR) is 66.7 cm³/mol. The zero-order valence-electron chi connectivity index (χ0n) is 10.7. The summed E-state index contributed by atoms with van der Waals surface area (Å²) in [6.45, 7) is 2.00. The molecule has 1 aliphatic heterocycles. The van der Waals surface area contributed by atoms with Crippen molar-refractivity contribution in [3.05, 3.63) is 29.8 Å². The quantitative estimate of drug-likeness (QED) is 0.790. The van der Waals surface area contributed by atoms with Gasteiger partial charge in [-0.05, 0) is 25.0 Å². The number of amides is 1. The Kier molecular flexibility index (Phi) is 3.93. The van der Waals surface area contributed by atoms with Gasteiger partial charge in [0.15, 0.2) is 11.6 Å². The molecule has 0 unspecified atom stereocenters. The normalized spacial score (nSPS) is 19.6. The minimum absolute atomic E-state index is 0.0846. The molecular formula is C14H15F2NO2. The zero-order chi connectivity index (χ0) is 14.0. The minimum Gasteiger partial charge on any atom is -0.309 e. The van der Waals surface area contributed by atoms with Crippen molar-refractivity contribution < 1.29 is 18.4 Å². The van der Waals surface area contributed by atoms with Crippen molar-refractivity contribution in [1.29, 1.82) is 0 Å². The molecule has 1 fully saturated rings.